The van der Waals surface area contributed by atoms with Crippen LogP contribution in [-0.2, 0) is 6.42 Å². The summed E-state index contributed by atoms with van der Waals surface area (Å²) in [6.07, 6.45) is 8.10. The molecule has 0 unspecified atom stereocenters. The van der Waals surface area contributed by atoms with E-state index in [0.29, 0.717) is 34.9 Å². The summed E-state index contributed by atoms with van der Waals surface area (Å²) in [6, 6.07) is 19.0. The van der Waals surface area contributed by atoms with Crippen LogP contribution in [0.2, 0.25) is 0 Å². The van der Waals surface area contributed by atoms with Crippen molar-refractivity contribution in [1.82, 2.24) is 0 Å². The number of para-hydroxylation sites is 1. The zero-order valence-electron chi connectivity index (χ0n) is 18.5. The van der Waals surface area contributed by atoms with Gasteiger partial charge in [0.1, 0.15) is 0 Å². The Balaban J connectivity index is 1.65. The Kier molecular flexibility index (Phi) is 7.70. The highest BCUT2D eigenvalue weighted by Gasteiger charge is 2.12. The van der Waals surface area contributed by atoms with Crippen molar-refractivity contribution in [1.29, 1.82) is 0 Å². The van der Waals surface area contributed by atoms with Gasteiger partial charge < -0.3 is 19.9 Å². The van der Waals surface area contributed by atoms with Crippen molar-refractivity contribution < 1.29 is 19.0 Å². The van der Waals surface area contributed by atoms with Gasteiger partial charge in [0.15, 0.2) is 17.3 Å². The normalized spacial score (nSPS) is 11.1. The molecule has 0 spiro atoms. The number of allylic oxidation sites excluding steroid dienone is 2. The Bertz CT molecular complexity index is 1110. The average Bonchev–Trinajstić information content (AvgIpc) is 2.82. The second-order valence-corrected chi connectivity index (χ2v) is 7.09. The van der Waals surface area contributed by atoms with Crippen molar-refractivity contribution >= 4 is 23.6 Å². The minimum atomic E-state index is -0.0898. The Morgan fingerprint density at radius 1 is 0.844 bits per heavy atom. The number of rotatable bonds is 9. The molecule has 0 amide bonds. The molecule has 3 rings (SSSR count). The van der Waals surface area contributed by atoms with Gasteiger partial charge in [-0.2, -0.15) is 0 Å². The fourth-order valence-electron chi connectivity index (χ4n) is 3.27. The van der Waals surface area contributed by atoms with Crippen LogP contribution >= 0.6 is 0 Å². The number of anilines is 1. The van der Waals surface area contributed by atoms with Gasteiger partial charge in [0.05, 0.1) is 21.3 Å². The number of nitrogens with two attached hydrogens (primary N) is 1. The highest BCUT2D eigenvalue weighted by molar-refractivity contribution is 6.08. The first-order valence-corrected chi connectivity index (χ1v) is 10.2. The van der Waals surface area contributed by atoms with Gasteiger partial charge in [-0.3, -0.25) is 4.79 Å². The zero-order valence-corrected chi connectivity index (χ0v) is 18.5. The van der Waals surface area contributed by atoms with Crippen LogP contribution in [0.4, 0.5) is 5.69 Å². The van der Waals surface area contributed by atoms with Crippen LogP contribution in [-0.4, -0.2) is 27.1 Å². The first kappa shape index (κ1) is 22.7. The molecule has 32 heavy (non-hydrogen) atoms. The summed E-state index contributed by atoms with van der Waals surface area (Å²) in [7, 11) is 4.78. The van der Waals surface area contributed by atoms with Crippen molar-refractivity contribution in [3.05, 3.63) is 95.1 Å². The molecule has 3 aromatic rings. The third kappa shape index (κ3) is 5.58. The van der Waals surface area contributed by atoms with Gasteiger partial charge in [0.2, 0.25) is 5.75 Å². The molecule has 0 bridgehead atoms. The highest BCUT2D eigenvalue weighted by Crippen LogP contribution is 2.38. The van der Waals surface area contributed by atoms with Gasteiger partial charge in [-0.05, 0) is 53.5 Å². The van der Waals surface area contributed by atoms with Gasteiger partial charge in [0, 0.05) is 11.3 Å². The number of carbonyl (C=O) groups is 1. The molecule has 0 radical (unpaired) electrons. The molecule has 0 aliphatic rings. The van der Waals surface area contributed by atoms with E-state index in [9.17, 15) is 4.79 Å². The van der Waals surface area contributed by atoms with E-state index in [4.69, 9.17) is 19.9 Å². The van der Waals surface area contributed by atoms with Crippen molar-refractivity contribution in [3.63, 3.8) is 0 Å². The van der Waals surface area contributed by atoms with Crippen LogP contribution in [0, 0.1) is 0 Å². The number of ketones is 1. The van der Waals surface area contributed by atoms with E-state index in [2.05, 4.69) is 0 Å². The zero-order chi connectivity index (χ0) is 22.9. The van der Waals surface area contributed by atoms with Gasteiger partial charge >= 0.3 is 0 Å². The number of hydrogen-bond donors (Lipinski definition) is 1. The van der Waals surface area contributed by atoms with Gasteiger partial charge in [0.25, 0.3) is 0 Å². The molecule has 0 aliphatic heterocycles. The van der Waals surface area contributed by atoms with Crippen LogP contribution in [0.5, 0.6) is 17.2 Å². The number of benzene rings is 3. The molecule has 0 saturated heterocycles. The monoisotopic (exact) mass is 429 g/mol. The maximum atomic E-state index is 12.3. The molecule has 0 saturated carbocycles. The quantitative estimate of drug-likeness (QED) is 0.212. The summed E-state index contributed by atoms with van der Waals surface area (Å²) in [6.45, 7) is 0. The van der Waals surface area contributed by atoms with E-state index in [1.807, 2.05) is 66.8 Å². The minimum absolute atomic E-state index is 0.0898. The Hall–Kier alpha value is -3.99. The topological polar surface area (TPSA) is 70.8 Å². The molecule has 5 heteroatoms. The summed E-state index contributed by atoms with van der Waals surface area (Å²) in [5, 5.41) is 0. The van der Waals surface area contributed by atoms with E-state index >= 15 is 0 Å². The Morgan fingerprint density at radius 2 is 1.47 bits per heavy atom. The molecule has 0 aliphatic carbocycles. The van der Waals surface area contributed by atoms with Crippen molar-refractivity contribution in [2.75, 3.05) is 27.1 Å². The second kappa shape index (κ2) is 10.9. The predicted octanol–water partition coefficient (Wildman–Crippen LogP) is 5.45. The fourth-order valence-corrected chi connectivity index (χ4v) is 3.27. The molecule has 0 aromatic heterocycles. The van der Waals surface area contributed by atoms with E-state index in [1.54, 1.807) is 39.5 Å². The van der Waals surface area contributed by atoms with Crippen molar-refractivity contribution in [2.24, 2.45) is 0 Å². The molecular formula is C27H27NO4. The molecule has 0 atom stereocenters. The SMILES string of the molecule is COc1cc(/C=C\c2ccc(C/C=C\C(=O)c3ccccc3N)cc2)cc(OC)c1OC. The Labute approximate surface area is 188 Å². The molecule has 2 N–H and O–H groups in total. The molecule has 3 aromatic carbocycles. The summed E-state index contributed by atoms with van der Waals surface area (Å²) in [5.41, 5.74) is 9.97. The summed E-state index contributed by atoms with van der Waals surface area (Å²) < 4.78 is 16.2. The first-order valence-electron chi connectivity index (χ1n) is 10.2. The smallest absolute Gasteiger partial charge is 0.203 e. The first-order chi connectivity index (χ1) is 15.5. The lowest BCUT2D eigenvalue weighted by Crippen LogP contribution is -2.00. The van der Waals surface area contributed by atoms with Crippen LogP contribution in [0.25, 0.3) is 12.2 Å². The predicted molar refractivity (Wildman–Crippen MR) is 129 cm³/mol. The number of ether oxygens (including phenoxy) is 3. The van der Waals surface area contributed by atoms with E-state index < -0.39 is 0 Å². The lowest BCUT2D eigenvalue weighted by Gasteiger charge is -2.12. The van der Waals surface area contributed by atoms with Gasteiger partial charge in [-0.15, -0.1) is 0 Å². The van der Waals surface area contributed by atoms with Crippen molar-refractivity contribution in [2.45, 2.75) is 6.42 Å². The molecule has 0 heterocycles. The third-order valence-corrected chi connectivity index (χ3v) is 4.98. The standard InChI is InChI=1S/C27H27NO4/c1-30-25-17-21(18-26(31-2)27(25)32-3)16-15-20-13-11-19(12-14-20)7-6-10-24(29)22-8-4-5-9-23(22)28/h4-6,8-18H,7,28H2,1-3H3/b10-6-,16-15-. The highest BCUT2D eigenvalue weighted by atomic mass is 16.5. The lowest BCUT2D eigenvalue weighted by molar-refractivity contribution is 0.104. The summed E-state index contributed by atoms with van der Waals surface area (Å²) in [4.78, 5) is 12.3. The molecule has 0 fully saturated rings. The number of methoxy groups -OCH3 is 3. The average molecular weight is 430 g/mol. The maximum absolute atomic E-state index is 12.3. The summed E-state index contributed by atoms with van der Waals surface area (Å²) in [5.74, 6) is 1.70. The summed E-state index contributed by atoms with van der Waals surface area (Å²) >= 11 is 0. The lowest BCUT2D eigenvalue weighted by atomic mass is 10.1. The van der Waals surface area contributed by atoms with E-state index in [-0.39, 0.29) is 5.78 Å². The van der Waals surface area contributed by atoms with Crippen LogP contribution in [0.15, 0.2) is 72.8 Å². The largest absolute Gasteiger partial charge is 0.493 e. The minimum Gasteiger partial charge on any atom is -0.493 e. The van der Waals surface area contributed by atoms with Crippen LogP contribution < -0.4 is 19.9 Å². The van der Waals surface area contributed by atoms with Crippen molar-refractivity contribution in [3.8, 4) is 17.2 Å². The van der Waals surface area contributed by atoms with E-state index in [0.717, 1.165) is 16.7 Å². The second-order valence-electron chi connectivity index (χ2n) is 7.09. The fraction of sp³-hybridized carbons (Fsp3) is 0.148. The van der Waals surface area contributed by atoms with E-state index in [1.165, 1.54) is 0 Å². The molecule has 164 valence electrons. The molecule has 5 nitrogen and oxygen atoms in total. The number of hydrogen-bond acceptors (Lipinski definition) is 5. The van der Waals surface area contributed by atoms with Crippen LogP contribution in [0.1, 0.15) is 27.0 Å². The molecular weight excluding hydrogens is 402 g/mol. The number of carbonyl (C=O) groups excluding carboxylic acids is 1. The van der Waals surface area contributed by atoms with Gasteiger partial charge in [-0.25, -0.2) is 0 Å². The van der Waals surface area contributed by atoms with Crippen LogP contribution in [0.3, 0.4) is 0 Å². The third-order valence-electron chi connectivity index (χ3n) is 4.98. The maximum Gasteiger partial charge on any atom is 0.203 e. The van der Waals surface area contributed by atoms with Gasteiger partial charge in [-0.1, -0.05) is 54.6 Å². The number of nitrogen functional groups attached to an aromatic ring is 1. The Morgan fingerprint density at radius 3 is 2.06 bits per heavy atom.